The average molecular weight is 643 g/mol. The number of aromatic nitrogens is 5. The highest BCUT2D eigenvalue weighted by molar-refractivity contribution is 6.07. The fourth-order valence-corrected chi connectivity index (χ4v) is 5.18. The maximum absolute atomic E-state index is 13.5. The van der Waals surface area contributed by atoms with E-state index in [1.165, 1.54) is 0 Å². The van der Waals surface area contributed by atoms with Gasteiger partial charge in [0.05, 0.1) is 29.9 Å². The summed E-state index contributed by atoms with van der Waals surface area (Å²) in [5, 5.41) is 15.8. The van der Waals surface area contributed by atoms with Gasteiger partial charge < -0.3 is 20.1 Å². The number of hydrogen-bond donors (Lipinski definition) is 3. The number of hydrogen-bond acceptors (Lipinski definition) is 8. The molecular formula is C37H38N8O3. The Morgan fingerprint density at radius 2 is 1.62 bits per heavy atom. The number of benzene rings is 3. The largest absolute Gasteiger partial charge is 0.494 e. The number of anilines is 4. The number of carbonyl (C=O) groups is 1. The normalized spacial score (nSPS) is 11.3. The second-order valence-corrected chi connectivity index (χ2v) is 12.2. The molecule has 0 saturated heterocycles. The monoisotopic (exact) mass is 642 g/mol. The lowest BCUT2D eigenvalue weighted by atomic mass is 9.92. The van der Waals surface area contributed by atoms with E-state index in [0.29, 0.717) is 42.1 Å². The maximum atomic E-state index is 13.5. The molecule has 0 unspecified atom stereocenters. The molecule has 3 N–H and O–H groups in total. The van der Waals surface area contributed by atoms with Crippen LogP contribution in [-0.4, -0.2) is 37.4 Å². The quantitative estimate of drug-likeness (QED) is 0.137. The molecule has 2 amide bonds. The third kappa shape index (κ3) is 7.36. The van der Waals surface area contributed by atoms with Crippen molar-refractivity contribution < 1.29 is 14.3 Å². The fourth-order valence-electron chi connectivity index (χ4n) is 5.18. The lowest BCUT2D eigenvalue weighted by Crippen LogP contribution is -2.21. The molecule has 11 nitrogen and oxygen atoms in total. The summed E-state index contributed by atoms with van der Waals surface area (Å²) < 4.78 is 13.7. The van der Waals surface area contributed by atoms with E-state index in [-0.39, 0.29) is 5.41 Å². The fraction of sp³-hybridized carbons (Fsp3) is 0.216. The minimum Gasteiger partial charge on any atom is -0.494 e. The van der Waals surface area contributed by atoms with Crippen molar-refractivity contribution in [1.29, 1.82) is 0 Å². The summed E-state index contributed by atoms with van der Waals surface area (Å²) in [6, 6.07) is 22.7. The van der Waals surface area contributed by atoms with Crippen LogP contribution in [0.3, 0.4) is 0 Å². The van der Waals surface area contributed by atoms with Crippen LogP contribution in [0.25, 0.3) is 16.5 Å². The number of amides is 2. The molecule has 3 aromatic carbocycles. The molecule has 3 heterocycles. The van der Waals surface area contributed by atoms with Crippen molar-refractivity contribution >= 4 is 39.9 Å². The summed E-state index contributed by atoms with van der Waals surface area (Å²) >= 11 is 0. The van der Waals surface area contributed by atoms with E-state index in [1.807, 2.05) is 86.6 Å². The van der Waals surface area contributed by atoms with Gasteiger partial charge in [-0.1, -0.05) is 45.0 Å². The van der Waals surface area contributed by atoms with Gasteiger partial charge in [0, 0.05) is 40.8 Å². The van der Waals surface area contributed by atoms with Crippen molar-refractivity contribution in [2.24, 2.45) is 0 Å². The number of ether oxygens (including phenoxy) is 2. The van der Waals surface area contributed by atoms with Gasteiger partial charge in [-0.15, -0.1) is 0 Å². The van der Waals surface area contributed by atoms with Crippen LogP contribution in [0, 0.1) is 6.92 Å². The minimum atomic E-state index is -0.391. The molecule has 6 rings (SSSR count). The van der Waals surface area contributed by atoms with Gasteiger partial charge in [-0.25, -0.2) is 19.4 Å². The van der Waals surface area contributed by atoms with Gasteiger partial charge in [-0.3, -0.25) is 10.3 Å². The molecule has 244 valence electrons. The Bertz CT molecular complexity index is 2050. The Labute approximate surface area is 279 Å². The van der Waals surface area contributed by atoms with E-state index in [2.05, 4.69) is 51.7 Å². The first-order valence-electron chi connectivity index (χ1n) is 15.7. The SMILES string of the molecule is CCOc1ccc(-n2nc(C(C)(C)C)cc2NC(=O)Nc2ccc(OCc3ccnc(Nc4cnccn4)c3)c3ccccc23)cc1C. The smallest absolute Gasteiger partial charge is 0.324 e. The van der Waals surface area contributed by atoms with Crippen LogP contribution < -0.4 is 25.4 Å². The topological polar surface area (TPSA) is 128 Å². The second-order valence-electron chi connectivity index (χ2n) is 12.2. The molecule has 0 fully saturated rings. The van der Waals surface area contributed by atoms with E-state index in [9.17, 15) is 4.79 Å². The molecule has 0 aliphatic carbocycles. The first-order chi connectivity index (χ1) is 23.2. The number of rotatable bonds is 10. The lowest BCUT2D eigenvalue weighted by Gasteiger charge is -2.15. The molecule has 0 atom stereocenters. The predicted molar refractivity (Wildman–Crippen MR) is 189 cm³/mol. The van der Waals surface area contributed by atoms with Crippen molar-refractivity contribution in [3.05, 3.63) is 114 Å². The zero-order valence-electron chi connectivity index (χ0n) is 27.6. The first kappa shape index (κ1) is 32.0. The number of carbonyl (C=O) groups excluding carboxylic acids is 1. The van der Waals surface area contributed by atoms with Crippen LogP contribution in [0.1, 0.15) is 44.5 Å². The Hall–Kier alpha value is -5.97. The van der Waals surface area contributed by atoms with E-state index >= 15 is 0 Å². The predicted octanol–water partition coefficient (Wildman–Crippen LogP) is 8.18. The van der Waals surface area contributed by atoms with Crippen molar-refractivity contribution in [2.75, 3.05) is 22.6 Å². The summed E-state index contributed by atoms with van der Waals surface area (Å²) in [4.78, 5) is 26.2. The van der Waals surface area contributed by atoms with Crippen LogP contribution in [0.4, 0.5) is 27.9 Å². The number of nitrogens with zero attached hydrogens (tertiary/aromatic N) is 5. The summed E-state index contributed by atoms with van der Waals surface area (Å²) in [7, 11) is 0. The highest BCUT2D eigenvalue weighted by Crippen LogP contribution is 2.33. The van der Waals surface area contributed by atoms with Crippen LogP contribution in [0.5, 0.6) is 11.5 Å². The molecule has 0 aliphatic rings. The lowest BCUT2D eigenvalue weighted by molar-refractivity contribution is 0.262. The van der Waals surface area contributed by atoms with E-state index in [1.54, 1.807) is 29.5 Å². The van der Waals surface area contributed by atoms with Gasteiger partial charge in [0.15, 0.2) is 0 Å². The zero-order valence-corrected chi connectivity index (χ0v) is 27.6. The van der Waals surface area contributed by atoms with Gasteiger partial charge in [0.2, 0.25) is 0 Å². The Kier molecular flexibility index (Phi) is 9.20. The Morgan fingerprint density at radius 3 is 2.38 bits per heavy atom. The number of urea groups is 1. The second kappa shape index (κ2) is 13.8. The van der Waals surface area contributed by atoms with Gasteiger partial charge in [-0.05, 0) is 67.4 Å². The molecule has 3 aromatic heterocycles. The highest BCUT2D eigenvalue weighted by Gasteiger charge is 2.22. The molecule has 0 spiro atoms. The van der Waals surface area contributed by atoms with Crippen LogP contribution in [0.15, 0.2) is 97.6 Å². The zero-order chi connectivity index (χ0) is 33.7. The molecule has 0 aliphatic heterocycles. The van der Waals surface area contributed by atoms with Gasteiger partial charge >= 0.3 is 6.03 Å². The molecule has 0 bridgehead atoms. The summed E-state index contributed by atoms with van der Waals surface area (Å²) in [5.41, 5.74) is 4.00. The number of fused-ring (bicyclic) bond motifs is 1. The van der Waals surface area contributed by atoms with Gasteiger partial charge in [0.1, 0.15) is 35.6 Å². The number of aryl methyl sites for hydroxylation is 1. The minimum absolute atomic E-state index is 0.227. The molecule has 11 heteroatoms. The molecule has 48 heavy (non-hydrogen) atoms. The molecule has 0 saturated carbocycles. The number of pyridine rings is 1. The van der Waals surface area contributed by atoms with E-state index in [0.717, 1.165) is 39.0 Å². The van der Waals surface area contributed by atoms with E-state index in [4.69, 9.17) is 14.6 Å². The van der Waals surface area contributed by atoms with Gasteiger partial charge in [-0.2, -0.15) is 5.10 Å². The van der Waals surface area contributed by atoms with Crippen LogP contribution >= 0.6 is 0 Å². The molecule has 0 radical (unpaired) electrons. The third-order valence-corrected chi connectivity index (χ3v) is 7.59. The number of nitrogens with one attached hydrogen (secondary N) is 3. The molecule has 6 aromatic rings. The molecular weight excluding hydrogens is 604 g/mol. The Balaban J connectivity index is 1.20. The third-order valence-electron chi connectivity index (χ3n) is 7.59. The Morgan fingerprint density at radius 1 is 0.833 bits per heavy atom. The van der Waals surface area contributed by atoms with Crippen molar-refractivity contribution in [2.45, 2.75) is 46.6 Å². The average Bonchev–Trinajstić information content (AvgIpc) is 3.50. The highest BCUT2D eigenvalue weighted by atomic mass is 16.5. The van der Waals surface area contributed by atoms with Gasteiger partial charge in [0.25, 0.3) is 0 Å². The maximum Gasteiger partial charge on any atom is 0.324 e. The first-order valence-corrected chi connectivity index (χ1v) is 15.7. The van der Waals surface area contributed by atoms with Crippen molar-refractivity contribution in [1.82, 2.24) is 24.7 Å². The van der Waals surface area contributed by atoms with E-state index < -0.39 is 6.03 Å². The standard InChI is InChI=1S/C37H38N8O3/c1-6-47-30-13-11-26(19-24(30)2)45-35(21-32(44-45)37(3,4)5)43-36(46)41-29-12-14-31(28-10-8-7-9-27(28)29)48-23-25-15-16-39-33(20-25)42-34-22-38-17-18-40-34/h7-22H,6,23H2,1-5H3,(H,39,40,42)(H2,41,43,46). The summed E-state index contributed by atoms with van der Waals surface area (Å²) in [6.07, 6.45) is 6.58. The van der Waals surface area contributed by atoms with Crippen LogP contribution in [-0.2, 0) is 12.0 Å². The van der Waals surface area contributed by atoms with Crippen molar-refractivity contribution in [3.8, 4) is 17.2 Å². The van der Waals surface area contributed by atoms with Crippen molar-refractivity contribution in [3.63, 3.8) is 0 Å². The summed E-state index contributed by atoms with van der Waals surface area (Å²) in [6.45, 7) is 11.1. The summed E-state index contributed by atoms with van der Waals surface area (Å²) in [5.74, 6) is 3.30. The van der Waals surface area contributed by atoms with Crippen LogP contribution in [0.2, 0.25) is 0 Å².